The highest BCUT2D eigenvalue weighted by Gasteiger charge is 2.11. The Morgan fingerprint density at radius 1 is 0.929 bits per heavy atom. The van der Waals surface area contributed by atoms with Crippen LogP contribution >= 0.6 is 0 Å². The van der Waals surface area contributed by atoms with E-state index in [0.29, 0.717) is 12.8 Å². The number of aliphatic hydroxyl groups is 3. The summed E-state index contributed by atoms with van der Waals surface area (Å²) in [4.78, 5) is 0. The van der Waals surface area contributed by atoms with Crippen LogP contribution in [-0.2, 0) is 0 Å². The molecule has 0 aliphatic carbocycles. The molecule has 0 fully saturated rings. The lowest BCUT2D eigenvalue weighted by Gasteiger charge is -2.15. The van der Waals surface area contributed by atoms with Gasteiger partial charge in [-0.2, -0.15) is 0 Å². The van der Waals surface area contributed by atoms with Crippen molar-refractivity contribution in [2.75, 3.05) is 0 Å². The topological polar surface area (TPSA) is 60.7 Å². The average molecular weight is 204 g/mol. The summed E-state index contributed by atoms with van der Waals surface area (Å²) in [5.74, 6) is 0. The molecule has 0 bridgehead atoms. The second-order valence-corrected chi connectivity index (χ2v) is 4.11. The van der Waals surface area contributed by atoms with E-state index < -0.39 is 6.10 Å². The Morgan fingerprint density at radius 3 is 2.00 bits per heavy atom. The van der Waals surface area contributed by atoms with Crippen molar-refractivity contribution in [3.8, 4) is 0 Å². The highest BCUT2D eigenvalue weighted by Crippen LogP contribution is 2.11. The lowest BCUT2D eigenvalue weighted by atomic mass is 10.0. The minimum Gasteiger partial charge on any atom is -0.393 e. The van der Waals surface area contributed by atoms with Gasteiger partial charge in [0, 0.05) is 0 Å². The van der Waals surface area contributed by atoms with Crippen LogP contribution in [0.1, 0.15) is 52.4 Å². The molecule has 0 aliphatic rings. The van der Waals surface area contributed by atoms with Gasteiger partial charge in [0.1, 0.15) is 0 Å². The molecule has 86 valence electrons. The maximum Gasteiger partial charge on any atom is 0.0564 e. The van der Waals surface area contributed by atoms with Crippen molar-refractivity contribution < 1.29 is 15.3 Å². The SMILES string of the molecule is CCCC(O)CC(O)CCCC(C)O. The molecular formula is C11H24O3. The molecular weight excluding hydrogens is 180 g/mol. The van der Waals surface area contributed by atoms with E-state index in [1.807, 2.05) is 6.92 Å². The minimum absolute atomic E-state index is 0.289. The van der Waals surface area contributed by atoms with Crippen molar-refractivity contribution in [2.24, 2.45) is 0 Å². The Morgan fingerprint density at radius 2 is 1.50 bits per heavy atom. The van der Waals surface area contributed by atoms with Gasteiger partial charge in [-0.25, -0.2) is 0 Å². The summed E-state index contributed by atoms with van der Waals surface area (Å²) in [6.07, 6.45) is 3.30. The van der Waals surface area contributed by atoms with Crippen molar-refractivity contribution in [1.29, 1.82) is 0 Å². The molecule has 0 aliphatic heterocycles. The zero-order valence-electron chi connectivity index (χ0n) is 9.32. The number of hydrogen-bond donors (Lipinski definition) is 3. The lowest BCUT2D eigenvalue weighted by molar-refractivity contribution is 0.0667. The van der Waals surface area contributed by atoms with Gasteiger partial charge in [-0.1, -0.05) is 13.3 Å². The van der Waals surface area contributed by atoms with E-state index in [4.69, 9.17) is 5.11 Å². The maximum atomic E-state index is 9.52. The number of hydrogen-bond acceptors (Lipinski definition) is 3. The van der Waals surface area contributed by atoms with Crippen molar-refractivity contribution in [3.05, 3.63) is 0 Å². The third kappa shape index (κ3) is 8.48. The maximum absolute atomic E-state index is 9.52. The average Bonchev–Trinajstić information content (AvgIpc) is 2.03. The first-order valence-electron chi connectivity index (χ1n) is 5.60. The highest BCUT2D eigenvalue weighted by molar-refractivity contribution is 4.64. The second kappa shape index (κ2) is 8.21. The van der Waals surface area contributed by atoms with Crippen LogP contribution in [0.5, 0.6) is 0 Å². The summed E-state index contributed by atoms with van der Waals surface area (Å²) in [5, 5.41) is 27.9. The fourth-order valence-electron chi connectivity index (χ4n) is 1.53. The van der Waals surface area contributed by atoms with Crippen LogP contribution in [0.2, 0.25) is 0 Å². The first-order chi connectivity index (χ1) is 6.56. The second-order valence-electron chi connectivity index (χ2n) is 4.11. The van der Waals surface area contributed by atoms with Gasteiger partial charge >= 0.3 is 0 Å². The van der Waals surface area contributed by atoms with Crippen LogP contribution in [0.15, 0.2) is 0 Å². The molecule has 0 aromatic carbocycles. The van der Waals surface area contributed by atoms with Gasteiger partial charge in [0.15, 0.2) is 0 Å². The summed E-state index contributed by atoms with van der Waals surface area (Å²) in [6, 6.07) is 0. The molecule has 3 nitrogen and oxygen atoms in total. The molecule has 14 heavy (non-hydrogen) atoms. The molecule has 0 amide bonds. The Balaban J connectivity index is 3.39. The lowest BCUT2D eigenvalue weighted by Crippen LogP contribution is -2.17. The molecule has 0 heterocycles. The summed E-state index contributed by atoms with van der Waals surface area (Å²) in [5.41, 5.74) is 0. The smallest absolute Gasteiger partial charge is 0.0564 e. The van der Waals surface area contributed by atoms with Crippen LogP contribution in [0.3, 0.4) is 0 Å². The van der Waals surface area contributed by atoms with E-state index in [0.717, 1.165) is 25.7 Å². The summed E-state index contributed by atoms with van der Waals surface area (Å²) >= 11 is 0. The molecule has 0 aromatic rings. The van der Waals surface area contributed by atoms with Crippen LogP contribution in [0, 0.1) is 0 Å². The number of aliphatic hydroxyl groups excluding tert-OH is 3. The zero-order chi connectivity index (χ0) is 11.0. The van der Waals surface area contributed by atoms with E-state index in [-0.39, 0.29) is 12.2 Å². The summed E-state index contributed by atoms with van der Waals surface area (Å²) in [7, 11) is 0. The third-order valence-corrected chi connectivity index (χ3v) is 2.33. The first kappa shape index (κ1) is 13.9. The van der Waals surface area contributed by atoms with Crippen molar-refractivity contribution >= 4 is 0 Å². The van der Waals surface area contributed by atoms with Crippen molar-refractivity contribution in [1.82, 2.24) is 0 Å². The Bertz CT molecular complexity index is 126. The molecule has 0 spiro atoms. The van der Waals surface area contributed by atoms with Gasteiger partial charge in [0.25, 0.3) is 0 Å². The predicted molar refractivity (Wildman–Crippen MR) is 57.1 cm³/mol. The normalized spacial score (nSPS) is 17.8. The standard InChI is InChI=1S/C11H24O3/c1-3-5-10(13)8-11(14)7-4-6-9(2)12/h9-14H,3-8H2,1-2H3. The Labute approximate surface area is 86.8 Å². The molecule has 3 heteroatoms. The Kier molecular flexibility index (Phi) is 8.14. The molecule has 0 aromatic heterocycles. The van der Waals surface area contributed by atoms with Crippen LogP contribution in [0.4, 0.5) is 0 Å². The van der Waals surface area contributed by atoms with Gasteiger partial charge in [0.2, 0.25) is 0 Å². The van der Waals surface area contributed by atoms with Gasteiger partial charge in [0.05, 0.1) is 18.3 Å². The minimum atomic E-state index is -0.421. The molecule has 0 saturated heterocycles. The van der Waals surface area contributed by atoms with E-state index in [1.54, 1.807) is 6.92 Å². The van der Waals surface area contributed by atoms with Crippen molar-refractivity contribution in [2.45, 2.75) is 70.7 Å². The van der Waals surface area contributed by atoms with Gasteiger partial charge in [-0.3, -0.25) is 0 Å². The van der Waals surface area contributed by atoms with Gasteiger partial charge in [-0.15, -0.1) is 0 Å². The van der Waals surface area contributed by atoms with Crippen LogP contribution in [-0.4, -0.2) is 33.6 Å². The van der Waals surface area contributed by atoms with Crippen LogP contribution < -0.4 is 0 Å². The van der Waals surface area contributed by atoms with Gasteiger partial charge < -0.3 is 15.3 Å². The molecule has 0 radical (unpaired) electrons. The molecule has 3 atom stereocenters. The summed E-state index contributed by atoms with van der Waals surface area (Å²) < 4.78 is 0. The predicted octanol–water partition coefficient (Wildman–Crippen LogP) is 1.45. The highest BCUT2D eigenvalue weighted by atomic mass is 16.3. The zero-order valence-corrected chi connectivity index (χ0v) is 9.32. The van der Waals surface area contributed by atoms with E-state index in [2.05, 4.69) is 0 Å². The monoisotopic (exact) mass is 204 g/mol. The van der Waals surface area contributed by atoms with Crippen LogP contribution in [0.25, 0.3) is 0 Å². The molecule has 0 rings (SSSR count). The van der Waals surface area contributed by atoms with E-state index in [9.17, 15) is 10.2 Å². The third-order valence-electron chi connectivity index (χ3n) is 2.33. The molecule has 3 unspecified atom stereocenters. The quantitative estimate of drug-likeness (QED) is 0.561. The Hall–Kier alpha value is -0.120. The van der Waals surface area contributed by atoms with E-state index >= 15 is 0 Å². The fourth-order valence-corrected chi connectivity index (χ4v) is 1.53. The molecule has 0 saturated carbocycles. The van der Waals surface area contributed by atoms with Gasteiger partial charge in [-0.05, 0) is 39.0 Å². The largest absolute Gasteiger partial charge is 0.393 e. The fraction of sp³-hybridized carbons (Fsp3) is 1.00. The summed E-state index contributed by atoms with van der Waals surface area (Å²) in [6.45, 7) is 3.77. The van der Waals surface area contributed by atoms with Crippen molar-refractivity contribution in [3.63, 3.8) is 0 Å². The first-order valence-corrected chi connectivity index (χ1v) is 5.60. The molecule has 3 N–H and O–H groups in total. The van der Waals surface area contributed by atoms with E-state index in [1.165, 1.54) is 0 Å². The number of rotatable bonds is 8.